The van der Waals surface area contributed by atoms with Gasteiger partial charge in [-0.2, -0.15) is 11.8 Å². The second kappa shape index (κ2) is 5.78. The standard InChI is InChI=1S/C13H21NOS/c1-10-3-6-13(15-10)11(2)14-7-8-16-9-12-4-5-12/h3,6,11-12,14H,4-5,7-9H2,1-2H3. The summed E-state index contributed by atoms with van der Waals surface area (Å²) in [6.07, 6.45) is 2.92. The number of thioether (sulfide) groups is 1. The van der Waals surface area contributed by atoms with Crippen molar-refractivity contribution in [3.63, 3.8) is 0 Å². The molecule has 1 fully saturated rings. The van der Waals surface area contributed by atoms with Gasteiger partial charge in [0.2, 0.25) is 0 Å². The molecular weight excluding hydrogens is 218 g/mol. The van der Waals surface area contributed by atoms with Crippen LogP contribution in [0.5, 0.6) is 0 Å². The second-order valence-electron chi connectivity index (χ2n) is 4.64. The van der Waals surface area contributed by atoms with Crippen molar-refractivity contribution in [3.8, 4) is 0 Å². The molecule has 90 valence electrons. The molecule has 1 aliphatic carbocycles. The van der Waals surface area contributed by atoms with Crippen LogP contribution < -0.4 is 5.32 Å². The summed E-state index contributed by atoms with van der Waals surface area (Å²) in [5.41, 5.74) is 0. The first kappa shape index (κ1) is 12.1. The van der Waals surface area contributed by atoms with E-state index < -0.39 is 0 Å². The normalized spacial score (nSPS) is 17.6. The van der Waals surface area contributed by atoms with Crippen molar-refractivity contribution in [1.82, 2.24) is 5.32 Å². The van der Waals surface area contributed by atoms with Gasteiger partial charge < -0.3 is 9.73 Å². The van der Waals surface area contributed by atoms with E-state index in [-0.39, 0.29) is 0 Å². The topological polar surface area (TPSA) is 25.2 Å². The van der Waals surface area contributed by atoms with Crippen molar-refractivity contribution in [2.45, 2.75) is 32.7 Å². The first-order chi connectivity index (χ1) is 7.75. The van der Waals surface area contributed by atoms with Crippen LogP contribution in [-0.4, -0.2) is 18.1 Å². The molecule has 0 bridgehead atoms. The third-order valence-electron chi connectivity index (χ3n) is 2.94. The monoisotopic (exact) mass is 239 g/mol. The molecule has 1 atom stereocenters. The van der Waals surface area contributed by atoms with Crippen molar-refractivity contribution < 1.29 is 4.42 Å². The van der Waals surface area contributed by atoms with Crippen LogP contribution in [-0.2, 0) is 0 Å². The van der Waals surface area contributed by atoms with Crippen LogP contribution in [0, 0.1) is 12.8 Å². The van der Waals surface area contributed by atoms with Crippen LogP contribution in [0.1, 0.15) is 37.3 Å². The summed E-state index contributed by atoms with van der Waals surface area (Å²) in [4.78, 5) is 0. The minimum atomic E-state index is 0.329. The molecule has 1 aromatic rings. The second-order valence-corrected chi connectivity index (χ2v) is 5.79. The SMILES string of the molecule is Cc1ccc(C(C)NCCSCC2CC2)o1. The quantitative estimate of drug-likeness (QED) is 0.738. The number of nitrogens with one attached hydrogen (secondary N) is 1. The summed E-state index contributed by atoms with van der Waals surface area (Å²) in [5.74, 6) is 5.64. The Kier molecular flexibility index (Phi) is 4.36. The minimum Gasteiger partial charge on any atom is -0.465 e. The van der Waals surface area contributed by atoms with Crippen LogP contribution in [0.3, 0.4) is 0 Å². The zero-order valence-corrected chi connectivity index (χ0v) is 11.0. The number of rotatable bonds is 7. The molecule has 0 amide bonds. The first-order valence-corrected chi connectivity index (χ1v) is 7.28. The van der Waals surface area contributed by atoms with E-state index in [1.807, 2.05) is 13.0 Å². The first-order valence-electron chi connectivity index (χ1n) is 6.13. The van der Waals surface area contributed by atoms with Crippen LogP contribution in [0.4, 0.5) is 0 Å². The fourth-order valence-corrected chi connectivity index (χ4v) is 2.76. The molecule has 0 aromatic carbocycles. The molecule has 16 heavy (non-hydrogen) atoms. The Balaban J connectivity index is 1.57. The summed E-state index contributed by atoms with van der Waals surface area (Å²) in [7, 11) is 0. The molecule has 1 aromatic heterocycles. The van der Waals surface area contributed by atoms with E-state index in [9.17, 15) is 0 Å². The minimum absolute atomic E-state index is 0.329. The van der Waals surface area contributed by atoms with Gasteiger partial charge in [0.25, 0.3) is 0 Å². The van der Waals surface area contributed by atoms with Crippen molar-refractivity contribution in [2.75, 3.05) is 18.1 Å². The van der Waals surface area contributed by atoms with Gasteiger partial charge in [-0.25, -0.2) is 0 Å². The molecule has 3 heteroatoms. The molecule has 1 aliphatic rings. The average molecular weight is 239 g/mol. The van der Waals surface area contributed by atoms with Crippen molar-refractivity contribution >= 4 is 11.8 Å². The largest absolute Gasteiger partial charge is 0.465 e. The van der Waals surface area contributed by atoms with Gasteiger partial charge in [-0.1, -0.05) is 0 Å². The van der Waals surface area contributed by atoms with Crippen LogP contribution >= 0.6 is 11.8 Å². The van der Waals surface area contributed by atoms with E-state index in [1.165, 1.54) is 24.3 Å². The maximum Gasteiger partial charge on any atom is 0.120 e. The lowest BCUT2D eigenvalue weighted by Crippen LogP contribution is -2.21. The van der Waals surface area contributed by atoms with Crippen LogP contribution in [0.25, 0.3) is 0 Å². The molecule has 2 rings (SSSR count). The Morgan fingerprint density at radius 3 is 2.94 bits per heavy atom. The van der Waals surface area contributed by atoms with Gasteiger partial charge in [-0.15, -0.1) is 0 Å². The van der Waals surface area contributed by atoms with Crippen LogP contribution in [0.2, 0.25) is 0 Å². The maximum absolute atomic E-state index is 5.58. The number of hydrogen-bond donors (Lipinski definition) is 1. The predicted molar refractivity (Wildman–Crippen MR) is 69.9 cm³/mol. The van der Waals surface area contributed by atoms with E-state index in [0.29, 0.717) is 6.04 Å². The molecule has 1 N–H and O–H groups in total. The molecule has 0 saturated heterocycles. The highest BCUT2D eigenvalue weighted by molar-refractivity contribution is 7.99. The summed E-state index contributed by atoms with van der Waals surface area (Å²) in [5, 5.41) is 3.49. The van der Waals surface area contributed by atoms with Gasteiger partial charge in [0, 0.05) is 12.3 Å². The van der Waals surface area contributed by atoms with E-state index >= 15 is 0 Å². The van der Waals surface area contributed by atoms with Gasteiger partial charge in [-0.05, 0) is 50.5 Å². The molecule has 2 nitrogen and oxygen atoms in total. The average Bonchev–Trinajstić information content (AvgIpc) is 2.99. The fourth-order valence-electron chi connectivity index (χ4n) is 1.67. The van der Waals surface area contributed by atoms with Gasteiger partial charge in [0.15, 0.2) is 0 Å². The maximum atomic E-state index is 5.58. The molecule has 1 unspecified atom stereocenters. The molecule has 0 radical (unpaired) electrons. The predicted octanol–water partition coefficient (Wildman–Crippen LogP) is 3.38. The summed E-state index contributed by atoms with van der Waals surface area (Å²) >= 11 is 2.07. The van der Waals surface area contributed by atoms with E-state index in [4.69, 9.17) is 4.42 Å². The van der Waals surface area contributed by atoms with E-state index in [0.717, 1.165) is 24.0 Å². The third kappa shape index (κ3) is 3.87. The smallest absolute Gasteiger partial charge is 0.120 e. The fraction of sp³-hybridized carbons (Fsp3) is 0.692. The summed E-state index contributed by atoms with van der Waals surface area (Å²) in [6, 6.07) is 4.41. The Labute approximate surface area is 102 Å². The highest BCUT2D eigenvalue weighted by Gasteiger charge is 2.20. The zero-order chi connectivity index (χ0) is 11.4. The lowest BCUT2D eigenvalue weighted by Gasteiger charge is -2.10. The van der Waals surface area contributed by atoms with Crippen molar-refractivity contribution in [1.29, 1.82) is 0 Å². The summed E-state index contributed by atoms with van der Waals surface area (Å²) in [6.45, 7) is 5.21. The Morgan fingerprint density at radius 1 is 1.50 bits per heavy atom. The Morgan fingerprint density at radius 2 is 2.31 bits per heavy atom. The van der Waals surface area contributed by atoms with Gasteiger partial charge in [0.05, 0.1) is 6.04 Å². The van der Waals surface area contributed by atoms with Gasteiger partial charge >= 0.3 is 0 Å². The van der Waals surface area contributed by atoms with Gasteiger partial charge in [-0.3, -0.25) is 0 Å². The van der Waals surface area contributed by atoms with E-state index in [1.54, 1.807) is 0 Å². The van der Waals surface area contributed by atoms with Crippen molar-refractivity contribution in [2.24, 2.45) is 5.92 Å². The lowest BCUT2D eigenvalue weighted by atomic mass is 10.2. The van der Waals surface area contributed by atoms with Gasteiger partial charge in [0.1, 0.15) is 11.5 Å². The van der Waals surface area contributed by atoms with Crippen molar-refractivity contribution in [3.05, 3.63) is 23.7 Å². The number of aryl methyl sites for hydroxylation is 1. The Bertz CT molecular complexity index is 319. The highest BCUT2D eigenvalue weighted by atomic mass is 32.2. The van der Waals surface area contributed by atoms with Crippen LogP contribution in [0.15, 0.2) is 16.5 Å². The molecule has 0 aliphatic heterocycles. The molecule has 1 heterocycles. The lowest BCUT2D eigenvalue weighted by molar-refractivity contribution is 0.422. The molecule has 0 spiro atoms. The molecular formula is C13H21NOS. The highest BCUT2D eigenvalue weighted by Crippen LogP contribution is 2.32. The summed E-state index contributed by atoms with van der Waals surface area (Å²) < 4.78 is 5.58. The number of hydrogen-bond acceptors (Lipinski definition) is 3. The molecule has 1 saturated carbocycles. The van der Waals surface area contributed by atoms with E-state index in [2.05, 4.69) is 30.1 Å². The third-order valence-corrected chi connectivity index (χ3v) is 4.14. The Hall–Kier alpha value is -0.410. The number of furan rings is 1. The zero-order valence-electron chi connectivity index (χ0n) is 10.2.